The molecule has 0 spiro atoms. The van der Waals surface area contributed by atoms with Gasteiger partial charge in [-0.25, -0.2) is 0 Å². The van der Waals surface area contributed by atoms with Gasteiger partial charge in [-0.2, -0.15) is 0 Å². The monoisotopic (exact) mass is 334 g/mol. The molecule has 1 saturated heterocycles. The summed E-state index contributed by atoms with van der Waals surface area (Å²) in [6.07, 6.45) is 5.88. The van der Waals surface area contributed by atoms with Gasteiger partial charge in [-0.15, -0.1) is 23.2 Å². The normalized spacial score (nSPS) is 19.4. The van der Waals surface area contributed by atoms with E-state index in [4.69, 9.17) is 39.5 Å². The third-order valence-corrected chi connectivity index (χ3v) is 5.52. The van der Waals surface area contributed by atoms with Crippen LogP contribution < -0.4 is 0 Å². The fraction of sp³-hybridized carbons (Fsp3) is 0.625. The van der Waals surface area contributed by atoms with Gasteiger partial charge >= 0.3 is 0 Å². The number of hydrogen-bond donors (Lipinski definition) is 0. The first-order valence-electron chi connectivity index (χ1n) is 7.20. The molecule has 1 aliphatic rings. The minimum absolute atomic E-state index is 0.236. The van der Waals surface area contributed by atoms with Crippen LogP contribution in [0.4, 0.5) is 0 Å². The quantitative estimate of drug-likeness (QED) is 0.606. The van der Waals surface area contributed by atoms with Crippen molar-refractivity contribution >= 4 is 34.8 Å². The number of ether oxygens (including phenoxy) is 1. The van der Waals surface area contributed by atoms with Crippen LogP contribution in [0.3, 0.4) is 0 Å². The van der Waals surface area contributed by atoms with Crippen molar-refractivity contribution in [2.75, 3.05) is 18.4 Å². The summed E-state index contributed by atoms with van der Waals surface area (Å²) < 4.78 is 5.67. The molecule has 1 nitrogen and oxygen atoms in total. The molecule has 0 radical (unpaired) electrons. The number of hydrogen-bond acceptors (Lipinski definition) is 1. The van der Waals surface area contributed by atoms with Crippen molar-refractivity contribution in [3.63, 3.8) is 0 Å². The Balaban J connectivity index is 2.03. The van der Waals surface area contributed by atoms with Crippen LogP contribution in [-0.4, -0.2) is 24.5 Å². The maximum atomic E-state index is 6.33. The van der Waals surface area contributed by atoms with E-state index in [9.17, 15) is 0 Å². The number of benzene rings is 1. The van der Waals surface area contributed by atoms with Gasteiger partial charge < -0.3 is 4.74 Å². The van der Waals surface area contributed by atoms with Gasteiger partial charge in [0.05, 0.1) is 6.10 Å². The highest BCUT2D eigenvalue weighted by molar-refractivity contribution is 6.32. The SMILES string of the molecule is ClCC(CCl)(CCCC1CCCO1)c1ccccc1Cl. The average Bonchev–Trinajstić information content (AvgIpc) is 2.98. The van der Waals surface area contributed by atoms with Gasteiger partial charge in [-0.1, -0.05) is 29.8 Å². The number of rotatable bonds is 7. The molecule has 1 atom stereocenters. The first-order valence-corrected chi connectivity index (χ1v) is 8.65. The molecule has 1 unspecified atom stereocenters. The molecule has 1 aliphatic heterocycles. The van der Waals surface area contributed by atoms with E-state index >= 15 is 0 Å². The third kappa shape index (κ3) is 3.82. The minimum atomic E-state index is -0.236. The molecule has 0 aromatic heterocycles. The molecule has 0 saturated carbocycles. The predicted octanol–water partition coefficient (Wildman–Crippen LogP) is 5.40. The van der Waals surface area contributed by atoms with Gasteiger partial charge in [-0.3, -0.25) is 0 Å². The fourth-order valence-electron chi connectivity index (χ4n) is 2.88. The molecular weight excluding hydrogens is 315 g/mol. The summed E-state index contributed by atoms with van der Waals surface area (Å²) in [6, 6.07) is 7.88. The molecule has 4 heteroatoms. The van der Waals surface area contributed by atoms with E-state index in [-0.39, 0.29) is 5.41 Å². The zero-order valence-electron chi connectivity index (χ0n) is 11.6. The standard InChI is InChI=1S/C16H21Cl3O/c17-11-16(12-18,14-7-1-2-8-15(14)19)9-3-5-13-6-4-10-20-13/h1-2,7-8,13H,3-6,9-12H2. The molecule has 1 aromatic rings. The zero-order valence-corrected chi connectivity index (χ0v) is 13.9. The number of alkyl halides is 2. The molecule has 0 aliphatic carbocycles. The highest BCUT2D eigenvalue weighted by atomic mass is 35.5. The lowest BCUT2D eigenvalue weighted by molar-refractivity contribution is 0.101. The maximum absolute atomic E-state index is 6.33. The van der Waals surface area contributed by atoms with Crippen LogP contribution in [0, 0.1) is 0 Å². The summed E-state index contributed by atoms with van der Waals surface area (Å²) in [6.45, 7) is 0.908. The molecule has 1 heterocycles. The molecule has 0 amide bonds. The molecular formula is C16H21Cl3O. The summed E-state index contributed by atoms with van der Waals surface area (Å²) >= 11 is 18.8. The second-order valence-corrected chi connectivity index (χ2v) is 6.50. The average molecular weight is 336 g/mol. The lowest BCUT2D eigenvalue weighted by Gasteiger charge is -2.31. The van der Waals surface area contributed by atoms with Gasteiger partial charge in [0.15, 0.2) is 0 Å². The molecule has 112 valence electrons. The summed E-state index contributed by atoms with van der Waals surface area (Å²) in [5, 5.41) is 0.755. The Morgan fingerprint density at radius 3 is 2.55 bits per heavy atom. The van der Waals surface area contributed by atoms with Gasteiger partial charge in [0.25, 0.3) is 0 Å². The summed E-state index contributed by atoms with van der Waals surface area (Å²) in [7, 11) is 0. The Morgan fingerprint density at radius 1 is 1.20 bits per heavy atom. The van der Waals surface area contributed by atoms with E-state index in [1.54, 1.807) is 0 Å². The Bertz CT molecular complexity index is 412. The van der Waals surface area contributed by atoms with Crippen molar-refractivity contribution in [1.82, 2.24) is 0 Å². The molecule has 1 aromatic carbocycles. The fourth-order valence-corrected chi connectivity index (χ4v) is 4.06. The smallest absolute Gasteiger partial charge is 0.0576 e. The largest absolute Gasteiger partial charge is 0.378 e. The van der Waals surface area contributed by atoms with Gasteiger partial charge in [0.2, 0.25) is 0 Å². The van der Waals surface area contributed by atoms with Crippen molar-refractivity contribution in [3.8, 4) is 0 Å². The van der Waals surface area contributed by atoms with Crippen LogP contribution >= 0.6 is 34.8 Å². The molecule has 20 heavy (non-hydrogen) atoms. The molecule has 2 rings (SSSR count). The molecule has 0 N–H and O–H groups in total. The number of halogens is 3. The Hall–Kier alpha value is 0.0500. The Morgan fingerprint density at radius 2 is 1.95 bits per heavy atom. The summed E-state index contributed by atoms with van der Waals surface area (Å²) in [4.78, 5) is 0. The van der Waals surface area contributed by atoms with E-state index in [1.807, 2.05) is 24.3 Å². The highest BCUT2D eigenvalue weighted by Gasteiger charge is 2.32. The van der Waals surface area contributed by atoms with Crippen LogP contribution in [0.25, 0.3) is 0 Å². The van der Waals surface area contributed by atoms with Crippen LogP contribution in [0.1, 0.15) is 37.7 Å². The lowest BCUT2D eigenvalue weighted by Crippen LogP contribution is -2.31. The van der Waals surface area contributed by atoms with Gasteiger partial charge in [0.1, 0.15) is 0 Å². The van der Waals surface area contributed by atoms with Crippen LogP contribution in [0.15, 0.2) is 24.3 Å². The molecule has 0 bridgehead atoms. The van der Waals surface area contributed by atoms with E-state index in [2.05, 4.69) is 0 Å². The first kappa shape index (κ1) is 16.4. The second kappa shape index (κ2) is 7.89. The van der Waals surface area contributed by atoms with Crippen LogP contribution in [0.2, 0.25) is 5.02 Å². The zero-order chi connectivity index (χ0) is 14.4. The van der Waals surface area contributed by atoms with Crippen LogP contribution in [0.5, 0.6) is 0 Å². The van der Waals surface area contributed by atoms with Gasteiger partial charge in [0, 0.05) is 28.8 Å². The molecule has 1 fully saturated rings. The predicted molar refractivity (Wildman–Crippen MR) is 87.4 cm³/mol. The van der Waals surface area contributed by atoms with Crippen molar-refractivity contribution in [1.29, 1.82) is 0 Å². The van der Waals surface area contributed by atoms with Crippen LogP contribution in [-0.2, 0) is 10.2 Å². The maximum Gasteiger partial charge on any atom is 0.0576 e. The van der Waals surface area contributed by atoms with Gasteiger partial charge in [-0.05, 0) is 43.7 Å². The Labute approximate surface area is 136 Å². The van der Waals surface area contributed by atoms with E-state index in [0.717, 1.165) is 36.5 Å². The van der Waals surface area contributed by atoms with E-state index in [1.165, 1.54) is 12.8 Å². The topological polar surface area (TPSA) is 9.23 Å². The van der Waals surface area contributed by atoms with Crippen molar-refractivity contribution < 1.29 is 4.74 Å². The minimum Gasteiger partial charge on any atom is -0.378 e. The Kier molecular flexibility index (Phi) is 6.48. The second-order valence-electron chi connectivity index (χ2n) is 5.55. The first-order chi connectivity index (χ1) is 9.72. The summed E-state index contributed by atoms with van der Waals surface area (Å²) in [5.74, 6) is 0.984. The van der Waals surface area contributed by atoms with E-state index in [0.29, 0.717) is 17.9 Å². The van der Waals surface area contributed by atoms with E-state index < -0.39 is 0 Å². The third-order valence-electron chi connectivity index (χ3n) is 4.16. The van der Waals surface area contributed by atoms with Crippen molar-refractivity contribution in [2.45, 2.75) is 43.6 Å². The van der Waals surface area contributed by atoms with Crippen molar-refractivity contribution in [2.24, 2.45) is 0 Å². The van der Waals surface area contributed by atoms with Crippen molar-refractivity contribution in [3.05, 3.63) is 34.9 Å². The highest BCUT2D eigenvalue weighted by Crippen LogP contribution is 2.37. The summed E-state index contributed by atoms with van der Waals surface area (Å²) in [5.41, 5.74) is 0.832. The lowest BCUT2D eigenvalue weighted by atomic mass is 9.79.